The number of hydrogen-bond acceptors (Lipinski definition) is 2. The zero-order valence-corrected chi connectivity index (χ0v) is 13.6. The van der Waals surface area contributed by atoms with E-state index in [2.05, 4.69) is 9.55 Å². The minimum atomic E-state index is -0.459. The molecule has 0 N–H and O–H groups in total. The normalized spacial score (nSPS) is 17.6. The highest BCUT2D eigenvalue weighted by Crippen LogP contribution is 2.28. The van der Waals surface area contributed by atoms with E-state index in [9.17, 15) is 9.18 Å². The predicted molar refractivity (Wildman–Crippen MR) is 90.7 cm³/mol. The van der Waals surface area contributed by atoms with Crippen LogP contribution in [0.25, 0.3) is 11.0 Å². The van der Waals surface area contributed by atoms with Crippen LogP contribution in [0.15, 0.2) is 48.8 Å². The third-order valence-corrected chi connectivity index (χ3v) is 4.81. The van der Waals surface area contributed by atoms with E-state index in [0.717, 1.165) is 17.5 Å². The number of fused-ring (bicyclic) bond motifs is 1. The smallest absolute Gasteiger partial charge is 0.255 e. The highest BCUT2D eigenvalue weighted by molar-refractivity contribution is 6.33. The van der Waals surface area contributed by atoms with Crippen molar-refractivity contribution in [3.63, 3.8) is 0 Å². The van der Waals surface area contributed by atoms with E-state index in [1.54, 1.807) is 4.90 Å². The molecular formula is C18H15ClFN3O. The van der Waals surface area contributed by atoms with Crippen molar-refractivity contribution in [3.05, 3.63) is 65.2 Å². The zero-order valence-electron chi connectivity index (χ0n) is 12.8. The molecule has 122 valence electrons. The Labute approximate surface area is 143 Å². The van der Waals surface area contributed by atoms with Gasteiger partial charge in [0.2, 0.25) is 0 Å². The summed E-state index contributed by atoms with van der Waals surface area (Å²) < 4.78 is 15.5. The van der Waals surface area contributed by atoms with E-state index in [1.165, 1.54) is 18.2 Å². The Morgan fingerprint density at radius 1 is 1.25 bits per heavy atom. The summed E-state index contributed by atoms with van der Waals surface area (Å²) in [5.41, 5.74) is 2.21. The van der Waals surface area contributed by atoms with Gasteiger partial charge in [0.1, 0.15) is 5.82 Å². The fourth-order valence-electron chi connectivity index (χ4n) is 3.25. The van der Waals surface area contributed by atoms with Gasteiger partial charge < -0.3 is 9.47 Å². The minimum absolute atomic E-state index is 0.161. The number of halogens is 2. The fraction of sp³-hybridized carbons (Fsp3) is 0.222. The van der Waals surface area contributed by atoms with Crippen LogP contribution in [-0.2, 0) is 0 Å². The van der Waals surface area contributed by atoms with Crippen LogP contribution < -0.4 is 0 Å². The van der Waals surface area contributed by atoms with Crippen molar-refractivity contribution in [2.75, 3.05) is 13.1 Å². The van der Waals surface area contributed by atoms with Crippen LogP contribution >= 0.6 is 11.6 Å². The molecule has 0 bridgehead atoms. The molecule has 3 aromatic rings. The Kier molecular flexibility index (Phi) is 3.73. The predicted octanol–water partition coefficient (Wildman–Crippen LogP) is 3.92. The van der Waals surface area contributed by atoms with Crippen LogP contribution in [0.2, 0.25) is 5.02 Å². The average Bonchev–Trinajstić information content (AvgIpc) is 3.22. The summed E-state index contributed by atoms with van der Waals surface area (Å²) >= 11 is 6.05. The quantitative estimate of drug-likeness (QED) is 0.707. The van der Waals surface area contributed by atoms with Crippen LogP contribution in [0.5, 0.6) is 0 Å². The van der Waals surface area contributed by atoms with Gasteiger partial charge in [-0.05, 0) is 36.8 Å². The Morgan fingerprint density at radius 2 is 2.08 bits per heavy atom. The molecule has 0 spiro atoms. The summed E-state index contributed by atoms with van der Waals surface area (Å²) in [5, 5.41) is 0.276. The monoisotopic (exact) mass is 343 g/mol. The molecular weight excluding hydrogens is 329 g/mol. The van der Waals surface area contributed by atoms with Gasteiger partial charge in [-0.25, -0.2) is 9.37 Å². The van der Waals surface area contributed by atoms with E-state index >= 15 is 0 Å². The van der Waals surface area contributed by atoms with Crippen molar-refractivity contribution in [1.82, 2.24) is 14.5 Å². The lowest BCUT2D eigenvalue weighted by Gasteiger charge is -2.18. The highest BCUT2D eigenvalue weighted by Gasteiger charge is 2.29. The molecule has 0 aliphatic carbocycles. The molecule has 4 rings (SSSR count). The van der Waals surface area contributed by atoms with Crippen molar-refractivity contribution in [3.8, 4) is 0 Å². The van der Waals surface area contributed by atoms with Crippen molar-refractivity contribution >= 4 is 28.5 Å². The number of hydrogen-bond donors (Lipinski definition) is 0. The van der Waals surface area contributed by atoms with Gasteiger partial charge >= 0.3 is 0 Å². The molecule has 0 radical (unpaired) electrons. The summed E-state index contributed by atoms with van der Waals surface area (Å²) in [6.45, 7) is 1.18. The largest absolute Gasteiger partial charge is 0.336 e. The summed E-state index contributed by atoms with van der Waals surface area (Å²) in [6, 6.07) is 12.0. The van der Waals surface area contributed by atoms with Crippen LogP contribution in [0.3, 0.4) is 0 Å². The van der Waals surface area contributed by atoms with Gasteiger partial charge in [-0.15, -0.1) is 0 Å². The maximum absolute atomic E-state index is 13.4. The Balaban J connectivity index is 1.58. The maximum Gasteiger partial charge on any atom is 0.255 e. The van der Waals surface area contributed by atoms with Gasteiger partial charge in [-0.3, -0.25) is 4.79 Å². The highest BCUT2D eigenvalue weighted by atomic mass is 35.5. The molecule has 1 aromatic heterocycles. The number of amides is 1. The first-order valence-corrected chi connectivity index (χ1v) is 8.17. The van der Waals surface area contributed by atoms with E-state index < -0.39 is 5.82 Å². The molecule has 1 saturated heterocycles. The van der Waals surface area contributed by atoms with Gasteiger partial charge in [0.15, 0.2) is 0 Å². The SMILES string of the molecule is O=C(c1cc(F)ccc1Cl)N1CCC(n2cnc3ccccc32)C1. The van der Waals surface area contributed by atoms with Crippen molar-refractivity contribution < 1.29 is 9.18 Å². The molecule has 1 atom stereocenters. The third-order valence-electron chi connectivity index (χ3n) is 4.48. The first kappa shape index (κ1) is 15.1. The van der Waals surface area contributed by atoms with E-state index in [1.807, 2.05) is 30.6 Å². The van der Waals surface area contributed by atoms with E-state index in [0.29, 0.717) is 13.1 Å². The molecule has 2 heterocycles. The van der Waals surface area contributed by atoms with Gasteiger partial charge in [0, 0.05) is 13.1 Å². The lowest BCUT2D eigenvalue weighted by molar-refractivity contribution is 0.0787. The van der Waals surface area contributed by atoms with Crippen LogP contribution in [-0.4, -0.2) is 33.4 Å². The third kappa shape index (κ3) is 2.55. The first-order chi connectivity index (χ1) is 11.6. The topological polar surface area (TPSA) is 38.1 Å². The number of carbonyl (C=O) groups excluding carboxylic acids is 1. The lowest BCUT2D eigenvalue weighted by Crippen LogP contribution is -2.29. The second kappa shape index (κ2) is 5.91. The molecule has 1 aliphatic rings. The summed E-state index contributed by atoms with van der Waals surface area (Å²) in [4.78, 5) is 18.8. The molecule has 24 heavy (non-hydrogen) atoms. The Hall–Kier alpha value is -2.40. The average molecular weight is 344 g/mol. The molecule has 0 saturated carbocycles. The standard InChI is InChI=1S/C18H15ClFN3O/c19-15-6-5-12(20)9-14(15)18(24)22-8-7-13(10-22)23-11-21-16-3-1-2-4-17(16)23/h1-6,9,11,13H,7-8,10H2. The Morgan fingerprint density at radius 3 is 2.96 bits per heavy atom. The number of rotatable bonds is 2. The summed E-state index contributed by atoms with van der Waals surface area (Å²) in [7, 11) is 0. The van der Waals surface area contributed by atoms with Gasteiger partial charge in [0.25, 0.3) is 5.91 Å². The van der Waals surface area contributed by atoms with E-state index in [-0.39, 0.29) is 22.5 Å². The van der Waals surface area contributed by atoms with Crippen LogP contribution in [0.4, 0.5) is 4.39 Å². The van der Waals surface area contributed by atoms with Crippen molar-refractivity contribution in [1.29, 1.82) is 0 Å². The molecule has 1 amide bonds. The number of imidazole rings is 1. The van der Waals surface area contributed by atoms with Gasteiger partial charge in [-0.2, -0.15) is 0 Å². The van der Waals surface area contributed by atoms with Crippen LogP contribution in [0.1, 0.15) is 22.8 Å². The number of aromatic nitrogens is 2. The number of nitrogens with zero attached hydrogens (tertiary/aromatic N) is 3. The van der Waals surface area contributed by atoms with Gasteiger partial charge in [-0.1, -0.05) is 23.7 Å². The molecule has 6 heteroatoms. The second-order valence-electron chi connectivity index (χ2n) is 5.96. The zero-order chi connectivity index (χ0) is 16.7. The van der Waals surface area contributed by atoms with Gasteiger partial charge in [0.05, 0.1) is 34.0 Å². The summed E-state index contributed by atoms with van der Waals surface area (Å²) in [6.07, 6.45) is 2.65. The van der Waals surface area contributed by atoms with Crippen LogP contribution in [0, 0.1) is 5.82 Å². The molecule has 1 unspecified atom stereocenters. The second-order valence-corrected chi connectivity index (χ2v) is 6.37. The lowest BCUT2D eigenvalue weighted by atomic mass is 10.2. The number of likely N-dealkylation sites (tertiary alicyclic amines) is 1. The molecule has 4 nitrogen and oxygen atoms in total. The number of para-hydroxylation sites is 2. The molecule has 2 aromatic carbocycles. The maximum atomic E-state index is 13.4. The number of carbonyl (C=O) groups is 1. The first-order valence-electron chi connectivity index (χ1n) is 7.79. The molecule has 1 aliphatic heterocycles. The Bertz CT molecular complexity index is 924. The van der Waals surface area contributed by atoms with Crippen molar-refractivity contribution in [2.45, 2.75) is 12.5 Å². The minimum Gasteiger partial charge on any atom is -0.336 e. The van der Waals surface area contributed by atoms with Crippen molar-refractivity contribution in [2.24, 2.45) is 0 Å². The molecule has 1 fully saturated rings. The number of benzene rings is 2. The van der Waals surface area contributed by atoms with E-state index in [4.69, 9.17) is 11.6 Å². The fourth-order valence-corrected chi connectivity index (χ4v) is 3.45. The summed E-state index contributed by atoms with van der Waals surface area (Å²) in [5.74, 6) is -0.689.